The zero-order valence-corrected chi connectivity index (χ0v) is 10.8. The Hall–Kier alpha value is -0.700. The van der Waals surface area contributed by atoms with Gasteiger partial charge >= 0.3 is 0 Å². The average Bonchev–Trinajstić information content (AvgIpc) is 2.22. The van der Waals surface area contributed by atoms with Crippen molar-refractivity contribution in [3.05, 3.63) is 39.4 Å². The van der Waals surface area contributed by atoms with Gasteiger partial charge in [-0.3, -0.25) is 0 Å². The van der Waals surface area contributed by atoms with E-state index in [0.29, 0.717) is 6.61 Å². The van der Waals surface area contributed by atoms with Crippen LogP contribution in [0, 0.1) is 13.8 Å². The minimum absolute atomic E-state index is 0.0148. The second kappa shape index (κ2) is 6.14. The second-order valence-corrected chi connectivity index (χ2v) is 4.45. The number of halogens is 2. The molecule has 2 nitrogen and oxygen atoms in total. The number of aliphatic hydroxyl groups is 1. The van der Waals surface area contributed by atoms with Gasteiger partial charge in [-0.25, -0.2) is 0 Å². The summed E-state index contributed by atoms with van der Waals surface area (Å²) in [5.41, 5.74) is 2.90. The largest absolute Gasteiger partial charge is 0.489 e. The maximum absolute atomic E-state index is 9.23. The van der Waals surface area contributed by atoms with Gasteiger partial charge in [-0.2, -0.15) is 0 Å². The number of hydrogen-bond donors (Lipinski definition) is 1. The molecule has 0 saturated heterocycles. The predicted molar refractivity (Wildman–Crippen MR) is 67.1 cm³/mol. The third-order valence-electron chi connectivity index (χ3n) is 2.42. The zero-order valence-electron chi connectivity index (χ0n) is 9.26. The van der Waals surface area contributed by atoms with E-state index < -0.39 is 0 Å². The lowest BCUT2D eigenvalue weighted by atomic mass is 10.0. The second-order valence-electron chi connectivity index (χ2n) is 3.45. The first-order valence-corrected chi connectivity index (χ1v) is 5.65. The van der Waals surface area contributed by atoms with Crippen molar-refractivity contribution in [1.29, 1.82) is 0 Å². The highest BCUT2D eigenvalue weighted by Crippen LogP contribution is 2.24. The fourth-order valence-corrected chi connectivity index (χ4v) is 1.59. The molecule has 0 unspecified atom stereocenters. The SMILES string of the molecule is Cc1ccc(OCC=C(Cl)Cl)c(C)c1CO. The Labute approximate surface area is 105 Å². The van der Waals surface area contributed by atoms with Crippen LogP contribution in [0.5, 0.6) is 5.75 Å². The summed E-state index contributed by atoms with van der Waals surface area (Å²) in [7, 11) is 0. The Morgan fingerprint density at radius 1 is 1.38 bits per heavy atom. The number of ether oxygens (including phenoxy) is 1. The standard InChI is InChI=1S/C12H14Cl2O2/c1-8-3-4-11(9(2)10(8)7-15)16-6-5-12(13)14/h3-5,15H,6-7H2,1-2H3. The maximum Gasteiger partial charge on any atom is 0.123 e. The van der Waals surface area contributed by atoms with Crippen LogP contribution < -0.4 is 4.74 Å². The normalized spacial score (nSPS) is 10.1. The van der Waals surface area contributed by atoms with Crippen LogP contribution in [0.3, 0.4) is 0 Å². The van der Waals surface area contributed by atoms with E-state index in [2.05, 4.69) is 0 Å². The molecule has 0 spiro atoms. The lowest BCUT2D eigenvalue weighted by Gasteiger charge is -2.12. The molecule has 1 aromatic rings. The van der Waals surface area contributed by atoms with Crippen LogP contribution in [-0.4, -0.2) is 11.7 Å². The quantitative estimate of drug-likeness (QED) is 0.898. The number of aryl methyl sites for hydroxylation is 1. The summed E-state index contributed by atoms with van der Waals surface area (Å²) in [5, 5.41) is 9.23. The molecule has 1 aromatic carbocycles. The molecule has 0 heterocycles. The van der Waals surface area contributed by atoms with Crippen LogP contribution in [0.1, 0.15) is 16.7 Å². The summed E-state index contributed by atoms with van der Waals surface area (Å²) in [6.45, 7) is 4.20. The Kier molecular flexibility index (Phi) is 5.13. The molecular weight excluding hydrogens is 247 g/mol. The Morgan fingerprint density at radius 3 is 2.62 bits per heavy atom. The highest BCUT2D eigenvalue weighted by molar-refractivity contribution is 6.55. The van der Waals surface area contributed by atoms with Crippen molar-refractivity contribution in [1.82, 2.24) is 0 Å². The van der Waals surface area contributed by atoms with Crippen molar-refractivity contribution in [2.75, 3.05) is 6.61 Å². The summed E-state index contributed by atoms with van der Waals surface area (Å²) < 4.78 is 5.68. The van der Waals surface area contributed by atoms with E-state index in [0.717, 1.165) is 22.4 Å². The molecule has 0 amide bonds. The van der Waals surface area contributed by atoms with Crippen LogP contribution in [0.25, 0.3) is 0 Å². The number of rotatable bonds is 4. The first-order valence-electron chi connectivity index (χ1n) is 4.90. The molecule has 88 valence electrons. The zero-order chi connectivity index (χ0) is 12.1. The molecule has 0 bridgehead atoms. The minimum Gasteiger partial charge on any atom is -0.489 e. The average molecular weight is 261 g/mol. The molecule has 0 saturated carbocycles. The number of benzene rings is 1. The summed E-state index contributed by atoms with van der Waals surface area (Å²) in [6.07, 6.45) is 1.57. The molecule has 16 heavy (non-hydrogen) atoms. The molecule has 1 rings (SSSR count). The van der Waals surface area contributed by atoms with Crippen LogP contribution in [0.2, 0.25) is 0 Å². The summed E-state index contributed by atoms with van der Waals surface area (Å²) in [5.74, 6) is 0.737. The molecule has 1 N–H and O–H groups in total. The molecule has 0 aromatic heterocycles. The first-order chi connectivity index (χ1) is 7.56. The molecule has 0 aliphatic carbocycles. The van der Waals surface area contributed by atoms with E-state index in [-0.39, 0.29) is 11.1 Å². The Balaban J connectivity index is 2.85. The highest BCUT2D eigenvalue weighted by atomic mass is 35.5. The van der Waals surface area contributed by atoms with E-state index in [1.165, 1.54) is 0 Å². The van der Waals surface area contributed by atoms with Gasteiger partial charge in [-0.1, -0.05) is 29.3 Å². The van der Waals surface area contributed by atoms with Gasteiger partial charge in [-0.15, -0.1) is 0 Å². The van der Waals surface area contributed by atoms with Gasteiger partial charge in [0, 0.05) is 0 Å². The molecule has 4 heteroatoms. The lowest BCUT2D eigenvalue weighted by Crippen LogP contribution is -2.00. The topological polar surface area (TPSA) is 29.5 Å². The van der Waals surface area contributed by atoms with Crippen LogP contribution in [0.4, 0.5) is 0 Å². The Morgan fingerprint density at radius 2 is 2.06 bits per heavy atom. The van der Waals surface area contributed by atoms with Gasteiger partial charge in [0.25, 0.3) is 0 Å². The van der Waals surface area contributed by atoms with Crippen molar-refractivity contribution < 1.29 is 9.84 Å². The third-order valence-corrected chi connectivity index (χ3v) is 2.73. The lowest BCUT2D eigenvalue weighted by molar-refractivity contribution is 0.278. The number of hydrogen-bond acceptors (Lipinski definition) is 2. The van der Waals surface area contributed by atoms with Crippen molar-refractivity contribution in [3.8, 4) is 5.75 Å². The van der Waals surface area contributed by atoms with Crippen molar-refractivity contribution in [2.24, 2.45) is 0 Å². The van der Waals surface area contributed by atoms with Gasteiger partial charge in [0.1, 0.15) is 16.8 Å². The molecule has 0 radical (unpaired) electrons. The van der Waals surface area contributed by atoms with E-state index in [1.54, 1.807) is 6.08 Å². The van der Waals surface area contributed by atoms with Gasteiger partial charge in [0.2, 0.25) is 0 Å². The summed E-state index contributed by atoms with van der Waals surface area (Å²) in [6, 6.07) is 3.79. The fourth-order valence-electron chi connectivity index (χ4n) is 1.46. The van der Waals surface area contributed by atoms with Crippen LogP contribution >= 0.6 is 23.2 Å². The monoisotopic (exact) mass is 260 g/mol. The first kappa shape index (κ1) is 13.4. The van der Waals surface area contributed by atoms with E-state index in [9.17, 15) is 5.11 Å². The van der Waals surface area contributed by atoms with Crippen LogP contribution in [0.15, 0.2) is 22.7 Å². The molecule has 0 aliphatic rings. The molecule has 0 aliphatic heterocycles. The predicted octanol–water partition coefficient (Wildman–Crippen LogP) is 3.49. The smallest absolute Gasteiger partial charge is 0.123 e. The van der Waals surface area contributed by atoms with Gasteiger partial charge in [-0.05, 0) is 42.7 Å². The van der Waals surface area contributed by atoms with E-state index in [1.807, 2.05) is 26.0 Å². The Bertz CT molecular complexity index is 396. The van der Waals surface area contributed by atoms with Crippen molar-refractivity contribution >= 4 is 23.2 Å². The minimum atomic E-state index is 0.0148. The number of aliphatic hydroxyl groups excluding tert-OH is 1. The molecular formula is C12H14Cl2O2. The van der Waals surface area contributed by atoms with Gasteiger partial charge < -0.3 is 9.84 Å². The van der Waals surface area contributed by atoms with Crippen molar-refractivity contribution in [3.63, 3.8) is 0 Å². The highest BCUT2D eigenvalue weighted by Gasteiger charge is 2.06. The van der Waals surface area contributed by atoms with Gasteiger partial charge in [0.15, 0.2) is 0 Å². The van der Waals surface area contributed by atoms with E-state index >= 15 is 0 Å². The van der Waals surface area contributed by atoms with Crippen LogP contribution in [-0.2, 0) is 6.61 Å². The summed E-state index contributed by atoms with van der Waals surface area (Å²) >= 11 is 10.9. The van der Waals surface area contributed by atoms with Crippen molar-refractivity contribution in [2.45, 2.75) is 20.5 Å². The van der Waals surface area contributed by atoms with E-state index in [4.69, 9.17) is 27.9 Å². The fraction of sp³-hybridized carbons (Fsp3) is 0.333. The third kappa shape index (κ3) is 3.41. The maximum atomic E-state index is 9.23. The summed E-state index contributed by atoms with van der Waals surface area (Å²) in [4.78, 5) is 0. The molecule has 0 fully saturated rings. The molecule has 0 atom stereocenters. The van der Waals surface area contributed by atoms with Gasteiger partial charge in [0.05, 0.1) is 6.61 Å².